The standard InChI is InChI=1S/C35H50N6O7S/c1-20-21(2)31(22(3)26-17-35(4,5)48-30(20)26)49(45,46)41-34(36)37-15-9-12-27(29(42)33(44)39-24-13-14-24)40-32(43)28-16-25(18-38-28)47-19-23-10-7-6-8-11-23/h6-8,10-11,24-25,27-29,38,42H,9,12-19H2,1-5H3,(H,39,44)(H,40,43)(H3,36,37,41)/t25-,27+,28+,29?/m1/s1. The number of amides is 2. The molecule has 2 aromatic carbocycles. The Hall–Kier alpha value is -3.72. The third-order valence-electron chi connectivity index (χ3n) is 9.39. The Kier molecular flexibility index (Phi) is 11.2. The molecule has 2 fully saturated rings. The maximum Gasteiger partial charge on any atom is 0.264 e. The van der Waals surface area contributed by atoms with E-state index >= 15 is 0 Å². The Labute approximate surface area is 288 Å². The number of aliphatic hydroxyl groups excluding tert-OH is 1. The molecule has 7 N–H and O–H groups in total. The number of aliphatic hydroxyl groups is 1. The van der Waals surface area contributed by atoms with Crippen LogP contribution in [0.3, 0.4) is 0 Å². The van der Waals surface area contributed by atoms with Crippen molar-refractivity contribution in [3.05, 3.63) is 58.1 Å². The Morgan fingerprint density at radius 2 is 1.86 bits per heavy atom. The summed E-state index contributed by atoms with van der Waals surface area (Å²) in [6.07, 6.45) is 1.62. The highest BCUT2D eigenvalue weighted by molar-refractivity contribution is 7.90. The molecule has 1 unspecified atom stereocenters. The van der Waals surface area contributed by atoms with Gasteiger partial charge >= 0.3 is 0 Å². The van der Waals surface area contributed by atoms with E-state index in [1.165, 1.54) is 0 Å². The molecule has 5 rings (SSSR count). The zero-order valence-corrected chi connectivity index (χ0v) is 29.8. The summed E-state index contributed by atoms with van der Waals surface area (Å²) in [7, 11) is -4.06. The minimum Gasteiger partial charge on any atom is -0.487 e. The lowest BCUT2D eigenvalue weighted by molar-refractivity contribution is -0.132. The van der Waals surface area contributed by atoms with Crippen LogP contribution in [0.4, 0.5) is 0 Å². The summed E-state index contributed by atoms with van der Waals surface area (Å²) in [5.74, 6) is -0.432. The molecule has 49 heavy (non-hydrogen) atoms. The number of carbonyl (C=O) groups excluding carboxylic acids is 2. The second-order valence-electron chi connectivity index (χ2n) is 14.0. The molecule has 3 aliphatic rings. The number of aliphatic imine (C=N–C) groups is 1. The molecule has 1 saturated carbocycles. The summed E-state index contributed by atoms with van der Waals surface area (Å²) >= 11 is 0. The normalized spacial score (nSPS) is 21.4. The molecule has 1 aliphatic carbocycles. The van der Waals surface area contributed by atoms with Crippen molar-refractivity contribution in [1.29, 1.82) is 0 Å². The highest BCUT2D eigenvalue weighted by atomic mass is 32.2. The van der Waals surface area contributed by atoms with Gasteiger partial charge in [-0.25, -0.2) is 13.1 Å². The second kappa shape index (κ2) is 15.0. The number of hydrogen-bond acceptors (Lipinski definition) is 9. The van der Waals surface area contributed by atoms with E-state index in [0.717, 1.165) is 35.3 Å². The third kappa shape index (κ3) is 9.10. The molecule has 0 aromatic heterocycles. The summed E-state index contributed by atoms with van der Waals surface area (Å²) in [4.78, 5) is 30.4. The minimum absolute atomic E-state index is 0.0377. The van der Waals surface area contributed by atoms with E-state index < -0.39 is 39.7 Å². The van der Waals surface area contributed by atoms with Gasteiger partial charge in [0.25, 0.3) is 15.9 Å². The van der Waals surface area contributed by atoms with E-state index in [9.17, 15) is 23.1 Å². The van der Waals surface area contributed by atoms with Crippen LogP contribution in [0.5, 0.6) is 5.75 Å². The highest BCUT2D eigenvalue weighted by Gasteiger charge is 2.38. The Bertz CT molecular complexity index is 1680. The quantitative estimate of drug-likeness (QED) is 0.0969. The average Bonchev–Trinajstić information content (AvgIpc) is 3.61. The van der Waals surface area contributed by atoms with Crippen molar-refractivity contribution in [2.45, 2.75) is 121 Å². The van der Waals surface area contributed by atoms with Crippen LogP contribution in [0.25, 0.3) is 0 Å². The van der Waals surface area contributed by atoms with Gasteiger partial charge in [-0.2, -0.15) is 0 Å². The monoisotopic (exact) mass is 698 g/mol. The van der Waals surface area contributed by atoms with Gasteiger partial charge in [-0.1, -0.05) is 30.3 Å². The SMILES string of the molecule is Cc1c(C)c(S(=O)(=O)NC(N)=NCCC[C@H](NC(=O)[C@@H]2C[C@@H](OCc3ccccc3)CN2)C(O)C(=O)NC2CC2)c(C)c2c1OC(C)(C)C2. The molecule has 268 valence electrons. The fraction of sp³-hybridized carbons (Fsp3) is 0.571. The second-order valence-corrected chi connectivity index (χ2v) is 15.6. The van der Waals surface area contributed by atoms with Gasteiger partial charge in [0.1, 0.15) is 11.4 Å². The number of carbonyl (C=O) groups is 2. The molecule has 2 aliphatic heterocycles. The minimum atomic E-state index is -4.06. The van der Waals surface area contributed by atoms with Crippen molar-refractivity contribution < 1.29 is 32.6 Å². The number of nitrogens with two attached hydrogens (primary N) is 1. The summed E-state index contributed by atoms with van der Waals surface area (Å²) in [6.45, 7) is 10.3. The van der Waals surface area contributed by atoms with Crippen LogP contribution in [0.15, 0.2) is 40.2 Å². The number of guanidine groups is 1. The van der Waals surface area contributed by atoms with E-state index in [1.54, 1.807) is 13.8 Å². The Balaban J connectivity index is 1.18. The molecule has 14 heteroatoms. The first-order valence-electron chi connectivity index (χ1n) is 17.0. The lowest BCUT2D eigenvalue weighted by atomic mass is 9.94. The Morgan fingerprint density at radius 3 is 2.55 bits per heavy atom. The van der Waals surface area contributed by atoms with Crippen molar-refractivity contribution in [3.8, 4) is 5.75 Å². The number of rotatable bonds is 14. The van der Waals surface area contributed by atoms with Crippen LogP contribution in [0.2, 0.25) is 0 Å². The van der Waals surface area contributed by atoms with Crippen molar-refractivity contribution >= 4 is 27.8 Å². The number of nitrogens with one attached hydrogen (secondary N) is 4. The molecule has 0 radical (unpaired) electrons. The molecule has 2 aromatic rings. The maximum absolute atomic E-state index is 13.5. The van der Waals surface area contributed by atoms with E-state index in [0.29, 0.717) is 43.5 Å². The fourth-order valence-corrected chi connectivity index (χ4v) is 8.01. The van der Waals surface area contributed by atoms with Crippen LogP contribution in [0, 0.1) is 20.8 Å². The number of nitrogens with zero attached hydrogens (tertiary/aromatic N) is 1. The van der Waals surface area contributed by atoms with Crippen molar-refractivity contribution in [1.82, 2.24) is 20.7 Å². The van der Waals surface area contributed by atoms with Gasteiger partial charge in [0, 0.05) is 31.1 Å². The van der Waals surface area contributed by atoms with Gasteiger partial charge in [0.15, 0.2) is 6.10 Å². The summed E-state index contributed by atoms with van der Waals surface area (Å²) < 4.78 is 41.6. The molecule has 2 amide bonds. The number of sulfonamides is 1. The van der Waals surface area contributed by atoms with Gasteiger partial charge in [0.2, 0.25) is 11.9 Å². The van der Waals surface area contributed by atoms with Crippen LogP contribution < -0.4 is 31.1 Å². The molecular formula is C35H50N6O7S. The molecule has 2 heterocycles. The first-order valence-corrected chi connectivity index (χ1v) is 18.5. The number of fused-ring (bicyclic) bond motifs is 1. The number of hydrogen-bond donors (Lipinski definition) is 6. The van der Waals surface area contributed by atoms with Gasteiger partial charge in [0.05, 0.1) is 29.7 Å². The average molecular weight is 699 g/mol. The molecule has 0 bridgehead atoms. The van der Waals surface area contributed by atoms with Crippen LogP contribution >= 0.6 is 0 Å². The van der Waals surface area contributed by atoms with Crippen molar-refractivity contribution in [3.63, 3.8) is 0 Å². The molecule has 1 saturated heterocycles. The Morgan fingerprint density at radius 1 is 1.14 bits per heavy atom. The topological polar surface area (TPSA) is 193 Å². The zero-order valence-electron chi connectivity index (χ0n) is 29.0. The van der Waals surface area contributed by atoms with Crippen LogP contribution in [-0.2, 0) is 37.4 Å². The predicted molar refractivity (Wildman–Crippen MR) is 186 cm³/mol. The van der Waals surface area contributed by atoms with Gasteiger partial charge in [-0.05, 0) is 89.0 Å². The molecular weight excluding hydrogens is 648 g/mol. The van der Waals surface area contributed by atoms with Crippen molar-refractivity contribution in [2.75, 3.05) is 13.1 Å². The van der Waals surface area contributed by atoms with Gasteiger partial charge in [-0.15, -0.1) is 0 Å². The van der Waals surface area contributed by atoms with Crippen LogP contribution in [-0.4, -0.2) is 80.3 Å². The number of benzene rings is 2. The predicted octanol–water partition coefficient (Wildman–Crippen LogP) is 1.77. The van der Waals surface area contributed by atoms with Gasteiger partial charge in [-0.3, -0.25) is 14.6 Å². The lowest BCUT2D eigenvalue weighted by Gasteiger charge is -2.25. The van der Waals surface area contributed by atoms with Crippen LogP contribution in [0.1, 0.15) is 73.8 Å². The van der Waals surface area contributed by atoms with E-state index in [1.807, 2.05) is 51.1 Å². The van der Waals surface area contributed by atoms with E-state index in [-0.39, 0.29) is 41.9 Å². The van der Waals surface area contributed by atoms with Crippen molar-refractivity contribution in [2.24, 2.45) is 10.7 Å². The van der Waals surface area contributed by atoms with Gasteiger partial charge < -0.3 is 36.3 Å². The summed E-state index contributed by atoms with van der Waals surface area (Å²) in [5, 5.41) is 19.8. The maximum atomic E-state index is 13.5. The molecule has 0 spiro atoms. The highest BCUT2D eigenvalue weighted by Crippen LogP contribution is 2.43. The third-order valence-corrected chi connectivity index (χ3v) is 11.0. The van der Waals surface area contributed by atoms with E-state index in [4.69, 9.17) is 15.2 Å². The van der Waals surface area contributed by atoms with E-state index in [2.05, 4.69) is 25.7 Å². The lowest BCUT2D eigenvalue weighted by Crippen LogP contribution is -2.54. The molecule has 4 atom stereocenters. The summed E-state index contributed by atoms with van der Waals surface area (Å²) in [5.41, 5.74) is 9.48. The number of ether oxygens (including phenoxy) is 2. The first-order chi connectivity index (χ1) is 23.1. The first kappa shape index (κ1) is 36.6. The summed E-state index contributed by atoms with van der Waals surface area (Å²) in [6, 6.07) is 8.38. The largest absolute Gasteiger partial charge is 0.487 e. The zero-order chi connectivity index (χ0) is 35.5. The molecule has 13 nitrogen and oxygen atoms in total. The fourth-order valence-electron chi connectivity index (χ4n) is 6.49. The smallest absolute Gasteiger partial charge is 0.264 e.